The van der Waals surface area contributed by atoms with Crippen LogP contribution in [0.3, 0.4) is 0 Å². The molecule has 41 heavy (non-hydrogen) atoms. The standard InChI is InChI=1S/C30H41N3O8/c1-7-30(4,41-17-15-29(2,3)28(36)31-16-14-21-8-11-23(34)12-9-21)20-32-27(35)13-10-22-18-25(39-5)26(40-6)19-24(22)33(37)38/h8-13,18-19,34H,7,14-17,20H2,1-6H3,(H,31,36)(H,32,35)/b13-10+. The number of nitro benzene ring substituents is 1. The summed E-state index contributed by atoms with van der Waals surface area (Å²) in [5.41, 5.74) is -0.350. The van der Waals surface area contributed by atoms with Crippen molar-refractivity contribution >= 4 is 23.6 Å². The molecule has 2 aromatic carbocycles. The molecule has 11 heteroatoms. The molecular weight excluding hydrogens is 530 g/mol. The van der Waals surface area contributed by atoms with E-state index in [1.807, 2.05) is 39.8 Å². The fourth-order valence-electron chi connectivity index (χ4n) is 3.84. The van der Waals surface area contributed by atoms with E-state index in [0.717, 1.165) is 5.56 Å². The van der Waals surface area contributed by atoms with Crippen molar-refractivity contribution in [1.29, 1.82) is 0 Å². The van der Waals surface area contributed by atoms with Crippen LogP contribution in [-0.4, -0.2) is 61.4 Å². The summed E-state index contributed by atoms with van der Waals surface area (Å²) in [5, 5.41) is 26.6. The summed E-state index contributed by atoms with van der Waals surface area (Å²) in [5.74, 6) is 0.201. The highest BCUT2D eigenvalue weighted by atomic mass is 16.6. The van der Waals surface area contributed by atoms with E-state index in [0.29, 0.717) is 38.2 Å². The molecule has 0 radical (unpaired) electrons. The molecule has 0 aromatic heterocycles. The summed E-state index contributed by atoms with van der Waals surface area (Å²) >= 11 is 0. The third-order valence-corrected chi connectivity index (χ3v) is 6.96. The molecule has 0 bridgehead atoms. The molecule has 11 nitrogen and oxygen atoms in total. The number of phenols is 1. The van der Waals surface area contributed by atoms with Crippen LogP contribution >= 0.6 is 0 Å². The minimum absolute atomic E-state index is 0.0826. The molecule has 0 spiro atoms. The van der Waals surface area contributed by atoms with Gasteiger partial charge in [0.25, 0.3) is 5.69 Å². The van der Waals surface area contributed by atoms with Crippen molar-refractivity contribution in [2.75, 3.05) is 33.9 Å². The van der Waals surface area contributed by atoms with Crippen LogP contribution in [0, 0.1) is 15.5 Å². The second-order valence-corrected chi connectivity index (χ2v) is 10.5. The number of carbonyl (C=O) groups is 2. The molecule has 1 unspecified atom stereocenters. The Morgan fingerprint density at radius 1 is 1.05 bits per heavy atom. The molecule has 0 aliphatic heterocycles. The lowest BCUT2D eigenvalue weighted by Crippen LogP contribution is -2.43. The fourth-order valence-corrected chi connectivity index (χ4v) is 3.84. The first kappa shape index (κ1) is 33.1. The van der Waals surface area contributed by atoms with Gasteiger partial charge in [-0.3, -0.25) is 19.7 Å². The molecule has 3 N–H and O–H groups in total. The monoisotopic (exact) mass is 571 g/mol. The molecular formula is C30H41N3O8. The van der Waals surface area contributed by atoms with E-state index in [2.05, 4.69) is 10.6 Å². The Balaban J connectivity index is 1.88. The first-order valence-corrected chi connectivity index (χ1v) is 13.4. The molecule has 0 heterocycles. The van der Waals surface area contributed by atoms with Gasteiger partial charge in [0, 0.05) is 31.2 Å². The lowest BCUT2D eigenvalue weighted by molar-refractivity contribution is -0.385. The molecule has 0 aliphatic carbocycles. The number of nitrogens with zero attached hydrogens (tertiary/aromatic N) is 1. The van der Waals surface area contributed by atoms with Crippen molar-refractivity contribution in [3.63, 3.8) is 0 Å². The first-order valence-electron chi connectivity index (χ1n) is 13.4. The van der Waals surface area contributed by atoms with Gasteiger partial charge < -0.3 is 30.0 Å². The Labute approximate surface area is 241 Å². The molecule has 0 saturated carbocycles. The number of hydrogen-bond donors (Lipinski definition) is 3. The second kappa shape index (κ2) is 15.0. The van der Waals surface area contributed by atoms with Gasteiger partial charge >= 0.3 is 0 Å². The smallest absolute Gasteiger partial charge is 0.280 e. The number of nitrogens with one attached hydrogen (secondary N) is 2. The lowest BCUT2D eigenvalue weighted by atomic mass is 9.88. The van der Waals surface area contributed by atoms with E-state index >= 15 is 0 Å². The summed E-state index contributed by atoms with van der Waals surface area (Å²) in [4.78, 5) is 36.2. The highest BCUT2D eigenvalue weighted by molar-refractivity contribution is 5.92. The zero-order chi connectivity index (χ0) is 30.6. The minimum Gasteiger partial charge on any atom is -0.508 e. The van der Waals surface area contributed by atoms with Crippen molar-refractivity contribution in [2.24, 2.45) is 5.41 Å². The highest BCUT2D eigenvalue weighted by Gasteiger charge is 2.30. The van der Waals surface area contributed by atoms with E-state index in [1.54, 1.807) is 12.1 Å². The van der Waals surface area contributed by atoms with Gasteiger partial charge in [-0.1, -0.05) is 32.9 Å². The van der Waals surface area contributed by atoms with Crippen LogP contribution < -0.4 is 20.1 Å². The predicted octanol–water partition coefficient (Wildman–Crippen LogP) is 4.41. The third kappa shape index (κ3) is 10.1. The zero-order valence-electron chi connectivity index (χ0n) is 24.6. The van der Waals surface area contributed by atoms with E-state index in [-0.39, 0.29) is 35.2 Å². The number of methoxy groups -OCH3 is 2. The SMILES string of the molecule is CCC(C)(CNC(=O)/C=C/c1cc(OC)c(OC)cc1[N+](=O)[O-])OCCC(C)(C)C(=O)NCCc1ccc(O)cc1. The van der Waals surface area contributed by atoms with Gasteiger partial charge in [-0.05, 0) is 56.0 Å². The van der Waals surface area contributed by atoms with Crippen molar-refractivity contribution in [3.8, 4) is 17.2 Å². The number of rotatable bonds is 16. The molecule has 224 valence electrons. The maximum Gasteiger partial charge on any atom is 0.280 e. The van der Waals surface area contributed by atoms with Gasteiger partial charge in [0.15, 0.2) is 11.5 Å². The number of nitro groups is 1. The summed E-state index contributed by atoms with van der Waals surface area (Å²) in [6, 6.07) is 9.56. The van der Waals surface area contributed by atoms with Crippen LogP contribution in [0.1, 0.15) is 51.7 Å². The number of benzene rings is 2. The maximum atomic E-state index is 12.8. The Kier molecular flexibility index (Phi) is 12.1. The van der Waals surface area contributed by atoms with Gasteiger partial charge in [-0.15, -0.1) is 0 Å². The van der Waals surface area contributed by atoms with Crippen LogP contribution in [0.15, 0.2) is 42.5 Å². The zero-order valence-corrected chi connectivity index (χ0v) is 24.6. The van der Waals surface area contributed by atoms with Crippen LogP contribution in [0.4, 0.5) is 5.69 Å². The molecule has 0 aliphatic rings. The Hall–Kier alpha value is -4.12. The lowest BCUT2D eigenvalue weighted by Gasteiger charge is -2.31. The quantitative estimate of drug-likeness (QED) is 0.152. The Bertz CT molecular complexity index is 1230. The Morgan fingerprint density at radius 3 is 2.27 bits per heavy atom. The van der Waals surface area contributed by atoms with E-state index in [1.165, 1.54) is 38.5 Å². The number of phenolic OH excluding ortho intramolecular Hbond substituents is 1. The summed E-state index contributed by atoms with van der Waals surface area (Å²) < 4.78 is 16.4. The number of amides is 2. The Morgan fingerprint density at radius 2 is 1.68 bits per heavy atom. The maximum absolute atomic E-state index is 12.8. The fraction of sp³-hybridized carbons (Fsp3) is 0.467. The highest BCUT2D eigenvalue weighted by Crippen LogP contribution is 2.35. The summed E-state index contributed by atoms with van der Waals surface area (Å²) in [6.45, 7) is 8.53. The second-order valence-electron chi connectivity index (χ2n) is 10.5. The summed E-state index contributed by atoms with van der Waals surface area (Å²) in [7, 11) is 2.80. The van der Waals surface area contributed by atoms with Crippen molar-refractivity contribution < 1.29 is 33.8 Å². The minimum atomic E-state index is -0.676. The van der Waals surface area contributed by atoms with Crippen LogP contribution in [0.5, 0.6) is 17.2 Å². The number of carbonyl (C=O) groups excluding carboxylic acids is 2. The van der Waals surface area contributed by atoms with Gasteiger partial charge in [-0.25, -0.2) is 0 Å². The van der Waals surface area contributed by atoms with Crippen LogP contribution in [-0.2, 0) is 20.7 Å². The van der Waals surface area contributed by atoms with E-state index < -0.39 is 21.8 Å². The van der Waals surface area contributed by atoms with Crippen molar-refractivity contribution in [2.45, 2.75) is 52.6 Å². The molecule has 2 aromatic rings. The number of hydrogen-bond acceptors (Lipinski definition) is 8. The topological polar surface area (TPSA) is 149 Å². The molecule has 0 saturated heterocycles. The average molecular weight is 572 g/mol. The van der Waals surface area contributed by atoms with E-state index in [4.69, 9.17) is 14.2 Å². The van der Waals surface area contributed by atoms with Crippen LogP contribution in [0.25, 0.3) is 6.08 Å². The summed E-state index contributed by atoms with van der Waals surface area (Å²) in [6.07, 6.45) is 4.31. The number of ether oxygens (including phenoxy) is 3. The largest absolute Gasteiger partial charge is 0.508 e. The van der Waals surface area contributed by atoms with Gasteiger partial charge in [0.2, 0.25) is 11.8 Å². The van der Waals surface area contributed by atoms with Crippen LogP contribution in [0.2, 0.25) is 0 Å². The molecule has 1 atom stereocenters. The van der Waals surface area contributed by atoms with Gasteiger partial charge in [-0.2, -0.15) is 0 Å². The van der Waals surface area contributed by atoms with Gasteiger partial charge in [0.1, 0.15) is 5.75 Å². The predicted molar refractivity (Wildman–Crippen MR) is 156 cm³/mol. The van der Waals surface area contributed by atoms with Crippen molar-refractivity contribution in [1.82, 2.24) is 10.6 Å². The normalized spacial score (nSPS) is 12.9. The third-order valence-electron chi connectivity index (χ3n) is 6.96. The molecule has 2 rings (SSSR count). The molecule has 0 fully saturated rings. The average Bonchev–Trinajstić information content (AvgIpc) is 2.95. The van der Waals surface area contributed by atoms with Gasteiger partial charge in [0.05, 0.1) is 36.4 Å². The number of aromatic hydroxyl groups is 1. The molecule has 2 amide bonds. The van der Waals surface area contributed by atoms with E-state index in [9.17, 15) is 24.8 Å². The first-order chi connectivity index (χ1) is 19.3. The van der Waals surface area contributed by atoms with Crippen molar-refractivity contribution in [3.05, 3.63) is 63.7 Å².